The number of nitriles is 1. The maximum Gasteiger partial charge on any atom is 0.349 e. The van der Waals surface area contributed by atoms with Crippen LogP contribution >= 0.6 is 0 Å². The van der Waals surface area contributed by atoms with Gasteiger partial charge in [0.15, 0.2) is 6.61 Å². The number of hydrogen-bond acceptors (Lipinski definition) is 4. The quantitative estimate of drug-likeness (QED) is 0.294. The van der Waals surface area contributed by atoms with Crippen molar-refractivity contribution < 1.29 is 14.3 Å². The molecule has 1 aromatic heterocycles. The largest absolute Gasteiger partial charge is 0.453 e. The number of carbonyl (C=O) groups is 2. The number of aryl methyl sites for hydroxylation is 4. The number of nitrogens with zero attached hydrogens (tertiary/aromatic N) is 2. The van der Waals surface area contributed by atoms with Gasteiger partial charge in [0.05, 0.1) is 0 Å². The Bertz CT molecular complexity index is 1020. The zero-order valence-corrected chi connectivity index (χ0v) is 18.0. The molecule has 0 aliphatic heterocycles. The van der Waals surface area contributed by atoms with Crippen LogP contribution in [0.1, 0.15) is 57.3 Å². The SMILES string of the molecule is CCCn1c(C)cc(C=C(C#N)C(=O)OCC(=O)c2cc(C)c(C)cc2C)c1C. The van der Waals surface area contributed by atoms with E-state index in [-0.39, 0.29) is 11.4 Å². The summed E-state index contributed by atoms with van der Waals surface area (Å²) in [4.78, 5) is 24.9. The summed E-state index contributed by atoms with van der Waals surface area (Å²) >= 11 is 0. The number of carbonyl (C=O) groups excluding carboxylic acids is 2. The van der Waals surface area contributed by atoms with E-state index in [1.807, 2.05) is 58.9 Å². The van der Waals surface area contributed by atoms with Crippen LogP contribution < -0.4 is 0 Å². The van der Waals surface area contributed by atoms with Crippen LogP contribution in [0.25, 0.3) is 6.08 Å². The highest BCUT2D eigenvalue weighted by Gasteiger charge is 2.17. The molecule has 5 heteroatoms. The zero-order valence-electron chi connectivity index (χ0n) is 18.0. The Morgan fingerprint density at radius 3 is 2.34 bits per heavy atom. The minimum Gasteiger partial charge on any atom is -0.453 e. The van der Waals surface area contributed by atoms with Crippen LogP contribution in [0.2, 0.25) is 0 Å². The first-order chi connectivity index (χ1) is 13.7. The van der Waals surface area contributed by atoms with Gasteiger partial charge >= 0.3 is 5.97 Å². The molecule has 2 rings (SSSR count). The highest BCUT2D eigenvalue weighted by molar-refractivity contribution is 6.02. The van der Waals surface area contributed by atoms with Crippen LogP contribution in [-0.2, 0) is 16.1 Å². The fourth-order valence-corrected chi connectivity index (χ4v) is 3.38. The second-order valence-corrected chi connectivity index (χ2v) is 7.40. The molecular weight excluding hydrogens is 364 g/mol. The molecule has 152 valence electrons. The second kappa shape index (κ2) is 9.38. The van der Waals surface area contributed by atoms with E-state index in [4.69, 9.17) is 4.74 Å². The van der Waals surface area contributed by atoms with Crippen molar-refractivity contribution in [2.45, 2.75) is 54.5 Å². The number of rotatable bonds is 7. The van der Waals surface area contributed by atoms with E-state index in [1.54, 1.807) is 0 Å². The standard InChI is InChI=1S/C24H28N2O3/c1-7-8-26-18(5)11-20(19(26)6)12-21(13-25)24(28)29-14-23(27)22-10-16(3)15(2)9-17(22)4/h9-12H,7-8,14H2,1-6H3. The van der Waals surface area contributed by atoms with Crippen LogP contribution in [0.3, 0.4) is 0 Å². The summed E-state index contributed by atoms with van der Waals surface area (Å²) in [6.45, 7) is 12.3. The van der Waals surface area contributed by atoms with E-state index in [2.05, 4.69) is 11.5 Å². The van der Waals surface area contributed by atoms with Gasteiger partial charge in [0.2, 0.25) is 5.78 Å². The van der Waals surface area contributed by atoms with E-state index < -0.39 is 12.6 Å². The van der Waals surface area contributed by atoms with Gasteiger partial charge in [-0.1, -0.05) is 13.0 Å². The molecule has 0 saturated heterocycles. The third kappa shape index (κ3) is 5.03. The van der Waals surface area contributed by atoms with Crippen LogP contribution in [0.15, 0.2) is 23.8 Å². The summed E-state index contributed by atoms with van der Waals surface area (Å²) in [6, 6.07) is 7.59. The first-order valence-corrected chi connectivity index (χ1v) is 9.76. The predicted molar refractivity (Wildman–Crippen MR) is 114 cm³/mol. The average Bonchev–Trinajstić information content (AvgIpc) is 2.94. The first-order valence-electron chi connectivity index (χ1n) is 9.76. The molecule has 0 aliphatic carbocycles. The van der Waals surface area contributed by atoms with Crippen molar-refractivity contribution in [1.82, 2.24) is 4.57 Å². The number of esters is 1. The van der Waals surface area contributed by atoms with E-state index in [0.29, 0.717) is 5.56 Å². The maximum absolute atomic E-state index is 12.5. The highest BCUT2D eigenvalue weighted by Crippen LogP contribution is 2.20. The lowest BCUT2D eigenvalue weighted by atomic mass is 9.98. The van der Waals surface area contributed by atoms with Crippen molar-refractivity contribution in [3.63, 3.8) is 0 Å². The normalized spacial score (nSPS) is 11.3. The summed E-state index contributed by atoms with van der Waals surface area (Å²) in [5.41, 5.74) is 6.23. The van der Waals surface area contributed by atoms with E-state index in [1.165, 1.54) is 6.08 Å². The van der Waals surface area contributed by atoms with Gasteiger partial charge < -0.3 is 9.30 Å². The molecule has 0 atom stereocenters. The Morgan fingerprint density at radius 2 is 1.72 bits per heavy atom. The van der Waals surface area contributed by atoms with E-state index >= 15 is 0 Å². The Balaban J connectivity index is 2.16. The van der Waals surface area contributed by atoms with E-state index in [9.17, 15) is 14.9 Å². The second-order valence-electron chi connectivity index (χ2n) is 7.40. The zero-order chi connectivity index (χ0) is 21.7. The van der Waals surface area contributed by atoms with Crippen LogP contribution in [0.5, 0.6) is 0 Å². The molecule has 0 amide bonds. The fraction of sp³-hybridized carbons (Fsp3) is 0.375. The smallest absolute Gasteiger partial charge is 0.349 e. The van der Waals surface area contributed by atoms with Crippen molar-refractivity contribution in [3.05, 3.63) is 63.0 Å². The summed E-state index contributed by atoms with van der Waals surface area (Å²) in [5.74, 6) is -1.07. The molecular formula is C24H28N2O3. The lowest BCUT2D eigenvalue weighted by molar-refractivity contribution is -0.137. The summed E-state index contributed by atoms with van der Waals surface area (Å²) in [5, 5.41) is 9.41. The Hall–Kier alpha value is -3.13. The predicted octanol–water partition coefficient (Wildman–Crippen LogP) is 4.77. The number of Topliss-reactive ketones (excluding diaryl/α,β-unsaturated/α-hetero) is 1. The molecule has 0 N–H and O–H groups in total. The highest BCUT2D eigenvalue weighted by atomic mass is 16.5. The van der Waals surface area contributed by atoms with Gasteiger partial charge in [0.25, 0.3) is 0 Å². The third-order valence-electron chi connectivity index (χ3n) is 5.18. The van der Waals surface area contributed by atoms with Gasteiger partial charge in [-0.15, -0.1) is 0 Å². The molecule has 0 saturated carbocycles. The van der Waals surface area contributed by atoms with Gasteiger partial charge in [-0.3, -0.25) is 4.79 Å². The monoisotopic (exact) mass is 392 g/mol. The van der Waals surface area contributed by atoms with Gasteiger partial charge in [-0.05, 0) is 81.5 Å². The molecule has 2 aromatic rings. The van der Waals surface area contributed by atoms with Crippen molar-refractivity contribution >= 4 is 17.8 Å². The lowest BCUT2D eigenvalue weighted by Gasteiger charge is -2.09. The van der Waals surface area contributed by atoms with E-state index in [0.717, 1.165) is 46.6 Å². The molecule has 0 radical (unpaired) electrons. The number of hydrogen-bond donors (Lipinski definition) is 0. The summed E-state index contributed by atoms with van der Waals surface area (Å²) < 4.78 is 7.30. The third-order valence-corrected chi connectivity index (χ3v) is 5.18. The van der Waals surface area contributed by atoms with Crippen LogP contribution in [-0.4, -0.2) is 22.9 Å². The summed E-state index contributed by atoms with van der Waals surface area (Å²) in [7, 11) is 0. The molecule has 0 bridgehead atoms. The van der Waals surface area contributed by atoms with Gasteiger partial charge in [0, 0.05) is 23.5 Å². The molecule has 0 aliphatic rings. The molecule has 5 nitrogen and oxygen atoms in total. The molecule has 29 heavy (non-hydrogen) atoms. The Kier molecular flexibility index (Phi) is 7.17. The number of ketones is 1. The van der Waals surface area contributed by atoms with Crippen molar-refractivity contribution in [1.29, 1.82) is 5.26 Å². The Labute approximate surface area is 172 Å². The lowest BCUT2D eigenvalue weighted by Crippen LogP contribution is -2.16. The van der Waals surface area contributed by atoms with Crippen molar-refractivity contribution in [3.8, 4) is 6.07 Å². The topological polar surface area (TPSA) is 72.1 Å². The number of ether oxygens (including phenoxy) is 1. The van der Waals surface area contributed by atoms with Gasteiger partial charge in [-0.2, -0.15) is 5.26 Å². The summed E-state index contributed by atoms with van der Waals surface area (Å²) in [6.07, 6.45) is 2.52. The van der Waals surface area contributed by atoms with Gasteiger partial charge in [0.1, 0.15) is 11.6 Å². The number of benzene rings is 1. The molecule has 1 heterocycles. The molecule has 1 aromatic carbocycles. The number of aromatic nitrogens is 1. The Morgan fingerprint density at radius 1 is 1.07 bits per heavy atom. The average molecular weight is 392 g/mol. The molecule has 0 unspecified atom stereocenters. The minimum absolute atomic E-state index is 0.119. The molecule has 0 fully saturated rings. The molecule has 0 spiro atoms. The fourth-order valence-electron chi connectivity index (χ4n) is 3.38. The van der Waals surface area contributed by atoms with Crippen LogP contribution in [0, 0.1) is 45.9 Å². The van der Waals surface area contributed by atoms with Crippen LogP contribution in [0.4, 0.5) is 0 Å². The van der Waals surface area contributed by atoms with Crippen molar-refractivity contribution in [2.75, 3.05) is 6.61 Å². The maximum atomic E-state index is 12.5. The minimum atomic E-state index is -0.789. The first kappa shape index (κ1) is 22.2. The van der Waals surface area contributed by atoms with Crippen molar-refractivity contribution in [2.24, 2.45) is 0 Å². The van der Waals surface area contributed by atoms with Gasteiger partial charge in [-0.25, -0.2) is 4.79 Å².